The van der Waals surface area contributed by atoms with Crippen LogP contribution in [0.2, 0.25) is 0 Å². The van der Waals surface area contributed by atoms with Gasteiger partial charge in [-0.05, 0) is 36.8 Å². The zero-order valence-corrected chi connectivity index (χ0v) is 13.2. The standard InChI is InChI=1S/C18H22N2O3/c1-14(11-19)20-18(21)13-23-17-9-7-16(8-10-17)22-12-15-5-3-2-4-6-15/h2-10,14H,11-13,19H2,1H3,(H,20,21)/t14-/m0/s1. The molecule has 0 aliphatic rings. The fraction of sp³-hybridized carbons (Fsp3) is 0.278. The maximum atomic E-state index is 11.6. The first-order valence-corrected chi connectivity index (χ1v) is 7.56. The van der Waals surface area contributed by atoms with Gasteiger partial charge in [0, 0.05) is 12.6 Å². The number of hydrogen-bond acceptors (Lipinski definition) is 4. The molecule has 122 valence electrons. The summed E-state index contributed by atoms with van der Waals surface area (Å²) in [5.41, 5.74) is 6.56. The van der Waals surface area contributed by atoms with Crippen molar-refractivity contribution in [3.05, 3.63) is 60.2 Å². The molecule has 3 N–H and O–H groups in total. The Hall–Kier alpha value is -2.53. The van der Waals surface area contributed by atoms with E-state index in [4.69, 9.17) is 15.2 Å². The van der Waals surface area contributed by atoms with E-state index < -0.39 is 0 Å². The molecule has 0 aromatic heterocycles. The van der Waals surface area contributed by atoms with Crippen molar-refractivity contribution in [3.8, 4) is 11.5 Å². The lowest BCUT2D eigenvalue weighted by atomic mass is 10.2. The van der Waals surface area contributed by atoms with Gasteiger partial charge in [-0.25, -0.2) is 0 Å². The molecule has 5 nitrogen and oxygen atoms in total. The second kappa shape index (κ2) is 8.80. The highest BCUT2D eigenvalue weighted by molar-refractivity contribution is 5.77. The first kappa shape index (κ1) is 16.8. The Balaban J connectivity index is 1.77. The number of nitrogens with one attached hydrogen (secondary N) is 1. The van der Waals surface area contributed by atoms with Gasteiger partial charge in [0.15, 0.2) is 6.61 Å². The van der Waals surface area contributed by atoms with Gasteiger partial charge in [-0.1, -0.05) is 30.3 Å². The van der Waals surface area contributed by atoms with Crippen molar-refractivity contribution in [1.82, 2.24) is 5.32 Å². The predicted octanol–water partition coefficient (Wildman–Crippen LogP) is 2.11. The Kier molecular flexibility index (Phi) is 6.44. The van der Waals surface area contributed by atoms with Gasteiger partial charge in [-0.15, -0.1) is 0 Å². The topological polar surface area (TPSA) is 73.6 Å². The molecule has 1 amide bonds. The van der Waals surface area contributed by atoms with Crippen LogP contribution < -0.4 is 20.5 Å². The van der Waals surface area contributed by atoms with E-state index in [1.165, 1.54) is 0 Å². The minimum Gasteiger partial charge on any atom is -0.489 e. The summed E-state index contributed by atoms with van der Waals surface area (Å²) in [6, 6.07) is 17.1. The number of nitrogens with two attached hydrogens (primary N) is 1. The fourth-order valence-corrected chi connectivity index (χ4v) is 1.90. The van der Waals surface area contributed by atoms with Crippen LogP contribution in [0.1, 0.15) is 12.5 Å². The molecule has 0 heterocycles. The van der Waals surface area contributed by atoms with E-state index in [1.807, 2.05) is 49.4 Å². The fourth-order valence-electron chi connectivity index (χ4n) is 1.90. The highest BCUT2D eigenvalue weighted by Crippen LogP contribution is 2.18. The Morgan fingerprint density at radius 2 is 1.65 bits per heavy atom. The molecule has 0 unspecified atom stereocenters. The summed E-state index contributed by atoms with van der Waals surface area (Å²) in [7, 11) is 0. The maximum absolute atomic E-state index is 11.6. The number of ether oxygens (including phenoxy) is 2. The van der Waals surface area contributed by atoms with Crippen LogP contribution >= 0.6 is 0 Å². The molecule has 5 heteroatoms. The lowest BCUT2D eigenvalue weighted by molar-refractivity contribution is -0.123. The van der Waals surface area contributed by atoms with Crippen LogP contribution in [-0.4, -0.2) is 25.1 Å². The van der Waals surface area contributed by atoms with Gasteiger partial charge in [0.25, 0.3) is 5.91 Å². The monoisotopic (exact) mass is 314 g/mol. The molecule has 0 saturated heterocycles. The number of carbonyl (C=O) groups is 1. The van der Waals surface area contributed by atoms with Crippen molar-refractivity contribution in [1.29, 1.82) is 0 Å². The van der Waals surface area contributed by atoms with Crippen molar-refractivity contribution in [3.63, 3.8) is 0 Å². The molecule has 2 rings (SSSR count). The third-order valence-corrected chi connectivity index (χ3v) is 3.20. The zero-order chi connectivity index (χ0) is 16.5. The Morgan fingerprint density at radius 1 is 1.04 bits per heavy atom. The smallest absolute Gasteiger partial charge is 0.258 e. The SMILES string of the molecule is C[C@@H](CN)NC(=O)COc1ccc(OCc2ccccc2)cc1. The van der Waals surface area contributed by atoms with Crippen LogP contribution in [0.15, 0.2) is 54.6 Å². The molecule has 1 atom stereocenters. The molecular weight excluding hydrogens is 292 g/mol. The van der Waals surface area contributed by atoms with Gasteiger partial charge in [-0.3, -0.25) is 4.79 Å². The molecule has 0 bridgehead atoms. The molecule has 0 fully saturated rings. The minimum atomic E-state index is -0.188. The van der Waals surface area contributed by atoms with Gasteiger partial charge in [0.05, 0.1) is 0 Å². The number of rotatable bonds is 8. The van der Waals surface area contributed by atoms with E-state index in [9.17, 15) is 4.79 Å². The summed E-state index contributed by atoms with van der Waals surface area (Å²) >= 11 is 0. The van der Waals surface area contributed by atoms with Crippen molar-refractivity contribution in [2.24, 2.45) is 5.73 Å². The first-order valence-electron chi connectivity index (χ1n) is 7.56. The Labute approximate surface area is 136 Å². The first-order chi connectivity index (χ1) is 11.2. The van der Waals surface area contributed by atoms with Gasteiger partial charge < -0.3 is 20.5 Å². The molecular formula is C18H22N2O3. The summed E-state index contributed by atoms with van der Waals surface area (Å²) < 4.78 is 11.1. The normalized spacial score (nSPS) is 11.6. The second-order valence-corrected chi connectivity index (χ2v) is 5.24. The zero-order valence-electron chi connectivity index (χ0n) is 13.2. The van der Waals surface area contributed by atoms with Crippen LogP contribution in [0.5, 0.6) is 11.5 Å². The van der Waals surface area contributed by atoms with Crippen molar-refractivity contribution < 1.29 is 14.3 Å². The van der Waals surface area contributed by atoms with E-state index in [0.29, 0.717) is 18.9 Å². The molecule has 0 saturated carbocycles. The summed E-state index contributed by atoms with van der Waals surface area (Å²) in [6.45, 7) is 2.73. The Morgan fingerprint density at radius 3 is 2.26 bits per heavy atom. The quantitative estimate of drug-likeness (QED) is 0.782. The number of amides is 1. The van der Waals surface area contributed by atoms with Crippen LogP contribution in [0.4, 0.5) is 0 Å². The molecule has 0 aliphatic heterocycles. The van der Waals surface area contributed by atoms with Crippen LogP contribution in [0.25, 0.3) is 0 Å². The van der Waals surface area contributed by atoms with Crippen molar-refractivity contribution >= 4 is 5.91 Å². The lowest BCUT2D eigenvalue weighted by Gasteiger charge is -2.12. The highest BCUT2D eigenvalue weighted by atomic mass is 16.5. The summed E-state index contributed by atoms with van der Waals surface area (Å²) in [5, 5.41) is 2.74. The van der Waals surface area contributed by atoms with Crippen molar-refractivity contribution in [2.75, 3.05) is 13.2 Å². The Bertz CT molecular complexity index is 599. The average molecular weight is 314 g/mol. The van der Waals surface area contributed by atoms with Crippen LogP contribution in [0.3, 0.4) is 0 Å². The van der Waals surface area contributed by atoms with Crippen LogP contribution in [-0.2, 0) is 11.4 Å². The molecule has 0 spiro atoms. The van der Waals surface area contributed by atoms with E-state index in [-0.39, 0.29) is 18.6 Å². The average Bonchev–Trinajstić information content (AvgIpc) is 2.60. The predicted molar refractivity (Wildman–Crippen MR) is 89.4 cm³/mol. The number of benzene rings is 2. The number of hydrogen-bond donors (Lipinski definition) is 2. The summed E-state index contributed by atoms with van der Waals surface area (Å²) in [5.74, 6) is 1.18. The molecule has 2 aromatic carbocycles. The van der Waals surface area contributed by atoms with Gasteiger partial charge in [0.1, 0.15) is 18.1 Å². The van der Waals surface area contributed by atoms with E-state index in [0.717, 1.165) is 11.3 Å². The maximum Gasteiger partial charge on any atom is 0.258 e. The summed E-state index contributed by atoms with van der Waals surface area (Å²) in [4.78, 5) is 11.6. The largest absolute Gasteiger partial charge is 0.489 e. The van der Waals surface area contributed by atoms with Crippen LogP contribution in [0, 0.1) is 0 Å². The summed E-state index contributed by atoms with van der Waals surface area (Å²) in [6.07, 6.45) is 0. The van der Waals surface area contributed by atoms with E-state index in [2.05, 4.69) is 5.32 Å². The third kappa shape index (κ3) is 6.00. The van der Waals surface area contributed by atoms with Gasteiger partial charge in [0.2, 0.25) is 0 Å². The van der Waals surface area contributed by atoms with E-state index >= 15 is 0 Å². The number of carbonyl (C=O) groups excluding carboxylic acids is 1. The molecule has 2 aromatic rings. The molecule has 0 aliphatic carbocycles. The van der Waals surface area contributed by atoms with Gasteiger partial charge in [-0.2, -0.15) is 0 Å². The van der Waals surface area contributed by atoms with E-state index in [1.54, 1.807) is 12.1 Å². The third-order valence-electron chi connectivity index (χ3n) is 3.20. The van der Waals surface area contributed by atoms with Gasteiger partial charge >= 0.3 is 0 Å². The molecule has 23 heavy (non-hydrogen) atoms. The molecule has 0 radical (unpaired) electrons. The second-order valence-electron chi connectivity index (χ2n) is 5.24. The van der Waals surface area contributed by atoms with Crippen molar-refractivity contribution in [2.45, 2.75) is 19.6 Å². The minimum absolute atomic E-state index is 0.0332. The highest BCUT2D eigenvalue weighted by Gasteiger charge is 2.06. The lowest BCUT2D eigenvalue weighted by Crippen LogP contribution is -2.40.